The molecule has 1 rings (SSSR count). The smallest absolute Gasteiger partial charge is 0.137 e. The van der Waals surface area contributed by atoms with Crippen molar-refractivity contribution in [2.24, 2.45) is 0 Å². The Morgan fingerprint density at radius 3 is 2.71 bits per heavy atom. The fourth-order valence-corrected chi connectivity index (χ4v) is 1.10. The fraction of sp³-hybridized carbons (Fsp3) is 0.500. The highest BCUT2D eigenvalue weighted by Crippen LogP contribution is 2.12. The lowest BCUT2D eigenvalue weighted by molar-refractivity contribution is 0.184. The first-order chi connectivity index (χ1) is 6.83. The maximum Gasteiger partial charge on any atom is 0.137 e. The molecule has 0 saturated heterocycles. The number of unbranched alkanes of at least 4 members (excludes halogenated alkanes) is 1. The second-order valence-corrected chi connectivity index (χ2v) is 3.25. The van der Waals surface area contributed by atoms with Gasteiger partial charge in [-0.15, -0.1) is 0 Å². The number of rotatable bonds is 6. The van der Waals surface area contributed by atoms with Crippen molar-refractivity contribution >= 4 is 11.6 Å². The highest BCUT2D eigenvalue weighted by atomic mass is 35.5. The van der Waals surface area contributed by atoms with Gasteiger partial charge in [0.25, 0.3) is 0 Å². The molecule has 3 nitrogen and oxygen atoms in total. The minimum Gasteiger partial charge on any atom is -0.492 e. The molecule has 4 heteroatoms. The van der Waals surface area contributed by atoms with Crippen LogP contribution >= 0.6 is 11.6 Å². The van der Waals surface area contributed by atoms with Crippen LogP contribution in [-0.2, 0) is 4.74 Å². The summed E-state index contributed by atoms with van der Waals surface area (Å²) in [6.45, 7) is 1.47. The van der Waals surface area contributed by atoms with E-state index in [4.69, 9.17) is 21.1 Å². The van der Waals surface area contributed by atoms with Crippen molar-refractivity contribution in [1.82, 2.24) is 4.98 Å². The normalized spacial score (nSPS) is 10.1. The number of aromatic nitrogens is 1. The molecule has 0 aliphatic heterocycles. The first-order valence-electron chi connectivity index (χ1n) is 4.56. The minimum atomic E-state index is 0.483. The Bertz CT molecular complexity index is 251. The van der Waals surface area contributed by atoms with Gasteiger partial charge in [-0.3, -0.25) is 0 Å². The van der Waals surface area contributed by atoms with Gasteiger partial charge in [-0.2, -0.15) is 0 Å². The van der Waals surface area contributed by atoms with Crippen molar-refractivity contribution in [3.05, 3.63) is 23.5 Å². The Balaban J connectivity index is 2.15. The van der Waals surface area contributed by atoms with Crippen molar-refractivity contribution in [1.29, 1.82) is 0 Å². The van der Waals surface area contributed by atoms with Crippen LogP contribution < -0.4 is 4.74 Å². The molecule has 0 atom stereocenters. The van der Waals surface area contributed by atoms with Gasteiger partial charge in [0.2, 0.25) is 0 Å². The summed E-state index contributed by atoms with van der Waals surface area (Å²) in [5.41, 5.74) is 0. The van der Waals surface area contributed by atoms with Crippen LogP contribution in [-0.4, -0.2) is 25.3 Å². The van der Waals surface area contributed by atoms with Crippen molar-refractivity contribution in [3.8, 4) is 5.75 Å². The summed E-state index contributed by atoms with van der Waals surface area (Å²) < 4.78 is 10.4. The molecule has 1 heterocycles. The number of hydrogen-bond donors (Lipinski definition) is 0. The lowest BCUT2D eigenvalue weighted by Crippen LogP contribution is -1.99. The summed E-state index contributed by atoms with van der Waals surface area (Å²) in [7, 11) is 1.70. The molecule has 0 amide bonds. The van der Waals surface area contributed by atoms with Crippen LogP contribution in [0.4, 0.5) is 0 Å². The first kappa shape index (κ1) is 11.3. The minimum absolute atomic E-state index is 0.483. The van der Waals surface area contributed by atoms with Crippen LogP contribution in [0.1, 0.15) is 12.8 Å². The third-order valence-corrected chi connectivity index (χ3v) is 1.94. The molecular formula is C10H14ClNO2. The van der Waals surface area contributed by atoms with E-state index in [0.717, 1.165) is 25.2 Å². The zero-order chi connectivity index (χ0) is 10.2. The first-order valence-corrected chi connectivity index (χ1v) is 4.94. The number of nitrogens with zero attached hydrogens (tertiary/aromatic N) is 1. The van der Waals surface area contributed by atoms with E-state index in [9.17, 15) is 0 Å². The summed E-state index contributed by atoms with van der Waals surface area (Å²) in [5.74, 6) is 0.756. The molecule has 0 aliphatic carbocycles. The lowest BCUT2D eigenvalue weighted by Gasteiger charge is -2.04. The molecular weight excluding hydrogens is 202 g/mol. The van der Waals surface area contributed by atoms with E-state index >= 15 is 0 Å². The van der Waals surface area contributed by atoms with Gasteiger partial charge in [0.1, 0.15) is 10.9 Å². The summed E-state index contributed by atoms with van der Waals surface area (Å²) >= 11 is 5.63. The Morgan fingerprint density at radius 2 is 2.07 bits per heavy atom. The average Bonchev–Trinajstić information content (AvgIpc) is 2.21. The number of methoxy groups -OCH3 is 1. The molecule has 0 bridgehead atoms. The van der Waals surface area contributed by atoms with Gasteiger partial charge >= 0.3 is 0 Å². The second-order valence-electron chi connectivity index (χ2n) is 2.86. The number of pyridine rings is 1. The molecule has 0 aromatic carbocycles. The Morgan fingerprint density at radius 1 is 1.29 bits per heavy atom. The Labute approximate surface area is 89.0 Å². The SMILES string of the molecule is COCCCCOc1ccc(Cl)nc1. The molecule has 0 radical (unpaired) electrons. The second kappa shape index (κ2) is 6.62. The molecule has 0 unspecified atom stereocenters. The zero-order valence-electron chi connectivity index (χ0n) is 8.20. The van der Waals surface area contributed by atoms with Crippen LogP contribution in [0.15, 0.2) is 18.3 Å². The van der Waals surface area contributed by atoms with Crippen LogP contribution in [0.3, 0.4) is 0 Å². The van der Waals surface area contributed by atoms with Gasteiger partial charge in [-0.1, -0.05) is 11.6 Å². The molecule has 1 aromatic rings. The molecule has 0 saturated carbocycles. The molecule has 78 valence electrons. The summed E-state index contributed by atoms with van der Waals surface area (Å²) in [6, 6.07) is 3.53. The molecule has 0 aliphatic rings. The third kappa shape index (κ3) is 4.44. The topological polar surface area (TPSA) is 31.4 Å². The Kier molecular flexibility index (Phi) is 5.33. The molecule has 14 heavy (non-hydrogen) atoms. The predicted octanol–water partition coefficient (Wildman–Crippen LogP) is 2.54. The van der Waals surface area contributed by atoms with Crippen molar-refractivity contribution in [3.63, 3.8) is 0 Å². The van der Waals surface area contributed by atoms with Gasteiger partial charge < -0.3 is 9.47 Å². The largest absolute Gasteiger partial charge is 0.492 e. The van der Waals surface area contributed by atoms with Crippen LogP contribution in [0.25, 0.3) is 0 Å². The molecule has 1 aromatic heterocycles. The monoisotopic (exact) mass is 215 g/mol. The average molecular weight is 216 g/mol. The number of hydrogen-bond acceptors (Lipinski definition) is 3. The lowest BCUT2D eigenvalue weighted by atomic mass is 10.3. The molecule has 0 fully saturated rings. The summed E-state index contributed by atoms with van der Waals surface area (Å²) in [5, 5.41) is 0.483. The standard InChI is InChI=1S/C10H14ClNO2/c1-13-6-2-3-7-14-9-4-5-10(11)12-8-9/h4-5,8H,2-3,6-7H2,1H3. The van der Waals surface area contributed by atoms with E-state index in [-0.39, 0.29) is 0 Å². The van der Waals surface area contributed by atoms with Gasteiger partial charge in [0.05, 0.1) is 12.8 Å². The van der Waals surface area contributed by atoms with Crippen LogP contribution in [0.5, 0.6) is 5.75 Å². The van der Waals surface area contributed by atoms with Crippen LogP contribution in [0.2, 0.25) is 5.15 Å². The Hall–Kier alpha value is -0.800. The van der Waals surface area contributed by atoms with E-state index in [0.29, 0.717) is 11.8 Å². The maximum absolute atomic E-state index is 5.63. The highest BCUT2D eigenvalue weighted by Gasteiger charge is 1.94. The molecule has 0 N–H and O–H groups in total. The highest BCUT2D eigenvalue weighted by molar-refractivity contribution is 6.29. The fourth-order valence-electron chi connectivity index (χ4n) is 0.986. The third-order valence-electron chi connectivity index (χ3n) is 1.71. The maximum atomic E-state index is 5.63. The van der Waals surface area contributed by atoms with Gasteiger partial charge in [-0.05, 0) is 25.0 Å². The van der Waals surface area contributed by atoms with Crippen molar-refractivity contribution < 1.29 is 9.47 Å². The van der Waals surface area contributed by atoms with E-state index in [1.165, 1.54) is 0 Å². The molecule has 0 spiro atoms. The quantitative estimate of drug-likeness (QED) is 0.540. The van der Waals surface area contributed by atoms with Gasteiger partial charge in [-0.25, -0.2) is 4.98 Å². The predicted molar refractivity (Wildman–Crippen MR) is 55.9 cm³/mol. The van der Waals surface area contributed by atoms with E-state index in [2.05, 4.69) is 4.98 Å². The van der Waals surface area contributed by atoms with E-state index in [1.807, 2.05) is 6.07 Å². The van der Waals surface area contributed by atoms with Crippen molar-refractivity contribution in [2.45, 2.75) is 12.8 Å². The van der Waals surface area contributed by atoms with E-state index in [1.54, 1.807) is 19.4 Å². The number of halogens is 1. The summed E-state index contributed by atoms with van der Waals surface area (Å²) in [4.78, 5) is 3.91. The van der Waals surface area contributed by atoms with E-state index < -0.39 is 0 Å². The van der Waals surface area contributed by atoms with Crippen molar-refractivity contribution in [2.75, 3.05) is 20.3 Å². The summed E-state index contributed by atoms with van der Waals surface area (Å²) in [6.07, 6.45) is 3.62. The van der Waals surface area contributed by atoms with Crippen LogP contribution in [0, 0.1) is 0 Å². The number of ether oxygens (including phenoxy) is 2. The zero-order valence-corrected chi connectivity index (χ0v) is 8.96. The van der Waals surface area contributed by atoms with Gasteiger partial charge in [0.15, 0.2) is 0 Å². The van der Waals surface area contributed by atoms with Gasteiger partial charge in [0, 0.05) is 13.7 Å².